The summed E-state index contributed by atoms with van der Waals surface area (Å²) in [4.78, 5) is 26.0. The lowest BCUT2D eigenvalue weighted by Gasteiger charge is -2.14. The highest BCUT2D eigenvalue weighted by Gasteiger charge is 2.24. The molecular weight excluding hydrogens is 339 g/mol. The van der Waals surface area contributed by atoms with Gasteiger partial charge in [-0.25, -0.2) is 4.39 Å². The van der Waals surface area contributed by atoms with Gasteiger partial charge in [0.25, 0.3) is 11.8 Å². The number of rotatable bonds is 6. The molecule has 1 aromatic heterocycles. The molecular formula is C16H18F3N3O3. The Bertz CT molecular complexity index is 805. The molecule has 0 fully saturated rings. The van der Waals surface area contributed by atoms with Crippen LogP contribution >= 0.6 is 0 Å². The molecule has 3 N–H and O–H groups in total. The van der Waals surface area contributed by atoms with Gasteiger partial charge in [0.15, 0.2) is 11.6 Å². The van der Waals surface area contributed by atoms with Crippen molar-refractivity contribution >= 4 is 22.7 Å². The number of H-pyrrole nitrogens is 1. The van der Waals surface area contributed by atoms with Crippen molar-refractivity contribution in [2.75, 3.05) is 20.7 Å². The van der Waals surface area contributed by atoms with Crippen LogP contribution in [0.3, 0.4) is 0 Å². The Labute approximate surface area is 141 Å². The van der Waals surface area contributed by atoms with Gasteiger partial charge in [-0.05, 0) is 11.6 Å². The molecule has 9 heteroatoms. The molecule has 0 bridgehead atoms. The van der Waals surface area contributed by atoms with Gasteiger partial charge in [0.05, 0.1) is 7.11 Å². The fourth-order valence-electron chi connectivity index (χ4n) is 2.62. The largest absolute Gasteiger partial charge is 0.494 e. The highest BCUT2D eigenvalue weighted by Crippen LogP contribution is 2.33. The molecule has 1 heterocycles. The third-order valence-corrected chi connectivity index (χ3v) is 3.84. The highest BCUT2D eigenvalue weighted by molar-refractivity contribution is 6.01. The lowest BCUT2D eigenvalue weighted by molar-refractivity contribution is -0.131. The van der Waals surface area contributed by atoms with E-state index in [0.29, 0.717) is 16.5 Å². The van der Waals surface area contributed by atoms with Crippen LogP contribution in [0, 0.1) is 5.82 Å². The quantitative estimate of drug-likeness (QED) is 0.741. The van der Waals surface area contributed by atoms with Crippen molar-refractivity contribution in [3.8, 4) is 5.75 Å². The van der Waals surface area contributed by atoms with Gasteiger partial charge in [0.1, 0.15) is 5.69 Å². The van der Waals surface area contributed by atoms with Crippen molar-refractivity contribution in [1.82, 2.24) is 15.6 Å². The molecule has 1 atom stereocenters. The normalized spacial score (nSPS) is 12.3. The van der Waals surface area contributed by atoms with Gasteiger partial charge >= 0.3 is 6.43 Å². The maximum absolute atomic E-state index is 13.9. The minimum Gasteiger partial charge on any atom is -0.494 e. The number of nitrogens with one attached hydrogen (secondary N) is 3. The molecule has 0 saturated carbocycles. The van der Waals surface area contributed by atoms with E-state index in [2.05, 4.69) is 15.6 Å². The second kappa shape index (κ2) is 7.45. The number of alkyl halides is 2. The SMILES string of the molecule is CNC(=O)c1[nH]c2cc(F)c(OC)cc2c1[C@H](C)CNC(=O)C(F)F. The van der Waals surface area contributed by atoms with E-state index >= 15 is 0 Å². The van der Waals surface area contributed by atoms with Crippen molar-refractivity contribution in [2.24, 2.45) is 0 Å². The fraction of sp³-hybridized carbons (Fsp3) is 0.375. The number of carbonyl (C=O) groups is 2. The van der Waals surface area contributed by atoms with Crippen LogP contribution in [0.4, 0.5) is 13.2 Å². The summed E-state index contributed by atoms with van der Waals surface area (Å²) in [5.41, 5.74) is 1.00. The van der Waals surface area contributed by atoms with E-state index in [4.69, 9.17) is 4.74 Å². The third kappa shape index (κ3) is 3.70. The Morgan fingerprint density at radius 3 is 2.56 bits per heavy atom. The molecule has 25 heavy (non-hydrogen) atoms. The Hall–Kier alpha value is -2.71. The molecule has 2 amide bonds. The Morgan fingerprint density at radius 1 is 1.32 bits per heavy atom. The molecule has 2 rings (SSSR count). The minimum absolute atomic E-state index is 0.0139. The zero-order valence-electron chi connectivity index (χ0n) is 13.9. The third-order valence-electron chi connectivity index (χ3n) is 3.84. The molecule has 0 radical (unpaired) electrons. The molecule has 0 aliphatic carbocycles. The predicted octanol–water partition coefficient (Wildman–Crippen LogP) is 2.16. The summed E-state index contributed by atoms with van der Waals surface area (Å²) < 4.78 is 43.5. The molecule has 0 spiro atoms. The van der Waals surface area contributed by atoms with E-state index in [1.807, 2.05) is 0 Å². The maximum atomic E-state index is 13.9. The van der Waals surface area contributed by atoms with Crippen LogP contribution in [0.1, 0.15) is 28.9 Å². The molecule has 6 nitrogen and oxygen atoms in total. The number of fused-ring (bicyclic) bond motifs is 1. The zero-order chi connectivity index (χ0) is 18.7. The number of aromatic nitrogens is 1. The summed E-state index contributed by atoms with van der Waals surface area (Å²) in [6.07, 6.45) is -3.12. The number of carbonyl (C=O) groups excluding carboxylic acids is 2. The van der Waals surface area contributed by atoms with Gasteiger partial charge in [-0.1, -0.05) is 6.92 Å². The topological polar surface area (TPSA) is 83.2 Å². The van der Waals surface area contributed by atoms with Crippen molar-refractivity contribution < 1.29 is 27.5 Å². The van der Waals surface area contributed by atoms with E-state index in [1.54, 1.807) is 6.92 Å². The molecule has 0 saturated heterocycles. The van der Waals surface area contributed by atoms with Gasteiger partial charge in [0, 0.05) is 36.5 Å². The summed E-state index contributed by atoms with van der Waals surface area (Å²) in [7, 11) is 2.74. The van der Waals surface area contributed by atoms with Crippen LogP contribution in [-0.4, -0.2) is 43.9 Å². The van der Waals surface area contributed by atoms with E-state index < -0.39 is 30.0 Å². The zero-order valence-corrected chi connectivity index (χ0v) is 13.9. The van der Waals surface area contributed by atoms with Crippen LogP contribution in [0.2, 0.25) is 0 Å². The first kappa shape index (κ1) is 18.6. The van der Waals surface area contributed by atoms with E-state index in [-0.39, 0.29) is 18.0 Å². The number of aromatic amines is 1. The summed E-state index contributed by atoms with van der Waals surface area (Å²) in [6, 6.07) is 2.61. The lowest BCUT2D eigenvalue weighted by atomic mass is 9.96. The van der Waals surface area contributed by atoms with Gasteiger partial charge in [0.2, 0.25) is 0 Å². The van der Waals surface area contributed by atoms with Crippen molar-refractivity contribution in [1.29, 1.82) is 0 Å². The molecule has 0 unspecified atom stereocenters. The maximum Gasteiger partial charge on any atom is 0.315 e. The number of benzene rings is 1. The number of ether oxygens (including phenoxy) is 1. The van der Waals surface area contributed by atoms with Crippen molar-refractivity contribution in [3.05, 3.63) is 29.2 Å². The standard InChI is InChI=1S/C16H18F3N3O3/c1-7(6-21-16(24)14(18)19)12-8-4-11(25-3)9(17)5-10(8)22-13(12)15(23)20-2/h4-5,7,14,22H,6H2,1-3H3,(H,20,23)(H,21,24)/t7-/m1/s1. The predicted molar refractivity (Wildman–Crippen MR) is 85.6 cm³/mol. The monoisotopic (exact) mass is 357 g/mol. The van der Waals surface area contributed by atoms with Crippen molar-refractivity contribution in [3.63, 3.8) is 0 Å². The number of amides is 2. The van der Waals surface area contributed by atoms with Gasteiger partial charge in [-0.2, -0.15) is 8.78 Å². The lowest BCUT2D eigenvalue weighted by Crippen LogP contribution is -2.33. The Balaban J connectivity index is 2.50. The van der Waals surface area contributed by atoms with Crippen LogP contribution in [0.15, 0.2) is 12.1 Å². The number of hydrogen-bond donors (Lipinski definition) is 3. The summed E-state index contributed by atoms with van der Waals surface area (Å²) >= 11 is 0. The Morgan fingerprint density at radius 2 is 2.00 bits per heavy atom. The molecule has 1 aromatic carbocycles. The van der Waals surface area contributed by atoms with Crippen LogP contribution in [0.5, 0.6) is 5.75 Å². The first-order valence-corrected chi connectivity index (χ1v) is 7.47. The number of halogens is 3. The average Bonchev–Trinajstić information content (AvgIpc) is 2.95. The first-order chi connectivity index (χ1) is 11.8. The smallest absolute Gasteiger partial charge is 0.315 e. The average molecular weight is 357 g/mol. The van der Waals surface area contributed by atoms with Crippen molar-refractivity contribution in [2.45, 2.75) is 19.3 Å². The highest BCUT2D eigenvalue weighted by atomic mass is 19.3. The van der Waals surface area contributed by atoms with Gasteiger partial charge in [-0.3, -0.25) is 9.59 Å². The fourth-order valence-corrected chi connectivity index (χ4v) is 2.62. The second-order valence-corrected chi connectivity index (χ2v) is 5.47. The van der Waals surface area contributed by atoms with E-state index in [1.165, 1.54) is 26.3 Å². The van der Waals surface area contributed by atoms with E-state index in [9.17, 15) is 22.8 Å². The van der Waals surface area contributed by atoms with Crippen LogP contribution < -0.4 is 15.4 Å². The summed E-state index contributed by atoms with van der Waals surface area (Å²) in [5.74, 6) is -2.95. The molecule has 136 valence electrons. The van der Waals surface area contributed by atoms with E-state index in [0.717, 1.165) is 0 Å². The number of methoxy groups -OCH3 is 1. The minimum atomic E-state index is -3.12. The Kier molecular flexibility index (Phi) is 5.55. The van der Waals surface area contributed by atoms with Gasteiger partial charge < -0.3 is 20.4 Å². The summed E-state index contributed by atoms with van der Waals surface area (Å²) in [6.45, 7) is 1.55. The van der Waals surface area contributed by atoms with Gasteiger partial charge in [-0.15, -0.1) is 0 Å². The molecule has 0 aliphatic heterocycles. The second-order valence-electron chi connectivity index (χ2n) is 5.47. The molecule has 2 aromatic rings. The van der Waals surface area contributed by atoms with Crippen LogP contribution in [-0.2, 0) is 4.79 Å². The first-order valence-electron chi connectivity index (χ1n) is 7.47. The summed E-state index contributed by atoms with van der Waals surface area (Å²) in [5, 5.41) is 5.09. The number of hydrogen-bond acceptors (Lipinski definition) is 3. The molecule has 0 aliphatic rings. The van der Waals surface area contributed by atoms with Crippen LogP contribution in [0.25, 0.3) is 10.9 Å².